The Hall–Kier alpha value is -2.82. The number of likely N-dealkylation sites (tertiary alicyclic amines) is 1. The summed E-state index contributed by atoms with van der Waals surface area (Å²) in [5.74, 6) is 0.412. The zero-order valence-electron chi connectivity index (χ0n) is 12.9. The van der Waals surface area contributed by atoms with Crippen LogP contribution in [0.5, 0.6) is 5.75 Å². The number of hydrogen-bond donors (Lipinski definition) is 1. The Balaban J connectivity index is 1.68. The molecule has 1 atom stereocenters. The maximum atomic E-state index is 12.5. The lowest BCUT2D eigenvalue weighted by Crippen LogP contribution is -2.34. The van der Waals surface area contributed by atoms with Crippen molar-refractivity contribution in [3.8, 4) is 5.75 Å². The van der Waals surface area contributed by atoms with Crippen LogP contribution in [0.1, 0.15) is 12.0 Å². The van der Waals surface area contributed by atoms with Crippen molar-refractivity contribution in [1.82, 2.24) is 4.90 Å². The number of anilines is 1. The summed E-state index contributed by atoms with van der Waals surface area (Å²) in [6.07, 6.45) is 0.178. The molecule has 1 aliphatic heterocycles. The Bertz CT molecular complexity index is 698. The molecule has 1 aliphatic rings. The molecule has 0 radical (unpaired) electrons. The summed E-state index contributed by atoms with van der Waals surface area (Å²) < 4.78 is 5.10. The molecule has 5 heteroatoms. The van der Waals surface area contributed by atoms with E-state index in [-0.39, 0.29) is 18.2 Å². The van der Waals surface area contributed by atoms with Gasteiger partial charge in [-0.05, 0) is 29.8 Å². The van der Waals surface area contributed by atoms with Gasteiger partial charge >= 0.3 is 0 Å². The lowest BCUT2D eigenvalue weighted by atomic mass is 10.2. The van der Waals surface area contributed by atoms with Crippen LogP contribution in [0, 0.1) is 0 Å². The number of carbonyl (C=O) groups is 2. The molecule has 0 bridgehead atoms. The SMILES string of the molecule is COc1ccc(NC2CC(=O)N(Cc3ccccc3)C2=O)cc1. The highest BCUT2D eigenvalue weighted by atomic mass is 16.5. The van der Waals surface area contributed by atoms with Crippen molar-refractivity contribution in [1.29, 1.82) is 0 Å². The van der Waals surface area contributed by atoms with E-state index in [1.807, 2.05) is 54.6 Å². The second kappa shape index (κ2) is 6.52. The average Bonchev–Trinajstić information content (AvgIpc) is 2.84. The molecule has 1 heterocycles. The minimum Gasteiger partial charge on any atom is -0.497 e. The van der Waals surface area contributed by atoms with Crippen molar-refractivity contribution >= 4 is 17.5 Å². The number of methoxy groups -OCH3 is 1. The molecule has 2 aromatic rings. The summed E-state index contributed by atoms with van der Waals surface area (Å²) in [4.78, 5) is 25.9. The molecule has 1 fully saturated rings. The fraction of sp³-hybridized carbons (Fsp3) is 0.222. The molecule has 3 rings (SSSR count). The number of benzene rings is 2. The van der Waals surface area contributed by atoms with Crippen molar-refractivity contribution in [3.05, 3.63) is 60.2 Å². The number of carbonyl (C=O) groups excluding carboxylic acids is 2. The Labute approximate surface area is 134 Å². The van der Waals surface area contributed by atoms with Crippen LogP contribution in [0.3, 0.4) is 0 Å². The van der Waals surface area contributed by atoms with Gasteiger partial charge in [-0.2, -0.15) is 0 Å². The third kappa shape index (κ3) is 3.34. The highest BCUT2D eigenvalue weighted by Gasteiger charge is 2.38. The number of ether oxygens (including phenoxy) is 1. The van der Waals surface area contributed by atoms with E-state index < -0.39 is 6.04 Å². The fourth-order valence-electron chi connectivity index (χ4n) is 2.62. The summed E-state index contributed by atoms with van der Waals surface area (Å²) in [6, 6.07) is 16.3. The van der Waals surface area contributed by atoms with Crippen molar-refractivity contribution in [3.63, 3.8) is 0 Å². The van der Waals surface area contributed by atoms with E-state index in [9.17, 15) is 9.59 Å². The summed E-state index contributed by atoms with van der Waals surface area (Å²) in [5, 5.41) is 3.12. The van der Waals surface area contributed by atoms with Gasteiger partial charge in [0.15, 0.2) is 0 Å². The molecule has 1 unspecified atom stereocenters. The average molecular weight is 310 g/mol. The molecule has 1 saturated heterocycles. The number of rotatable bonds is 5. The fourth-order valence-corrected chi connectivity index (χ4v) is 2.62. The van der Waals surface area contributed by atoms with Gasteiger partial charge in [0.2, 0.25) is 5.91 Å². The van der Waals surface area contributed by atoms with Gasteiger partial charge < -0.3 is 10.1 Å². The largest absolute Gasteiger partial charge is 0.497 e. The Morgan fingerprint density at radius 1 is 1.09 bits per heavy atom. The third-order valence-corrected chi connectivity index (χ3v) is 3.86. The molecular formula is C18H18N2O3. The topological polar surface area (TPSA) is 58.6 Å². The van der Waals surface area contributed by atoms with Crippen LogP contribution >= 0.6 is 0 Å². The van der Waals surface area contributed by atoms with E-state index in [2.05, 4.69) is 5.32 Å². The normalized spacial score (nSPS) is 17.4. The molecule has 0 saturated carbocycles. The number of nitrogens with one attached hydrogen (secondary N) is 1. The maximum Gasteiger partial charge on any atom is 0.252 e. The first-order valence-corrected chi connectivity index (χ1v) is 7.46. The number of hydrogen-bond acceptors (Lipinski definition) is 4. The van der Waals surface area contributed by atoms with Gasteiger partial charge in [0.05, 0.1) is 20.1 Å². The minimum absolute atomic E-state index is 0.148. The molecule has 2 amide bonds. The molecule has 0 aromatic heterocycles. The predicted molar refractivity (Wildman–Crippen MR) is 87.0 cm³/mol. The standard InChI is InChI=1S/C18H18N2O3/c1-23-15-9-7-14(8-10-15)19-16-11-17(21)20(18(16)22)12-13-5-3-2-4-6-13/h2-10,16,19H,11-12H2,1H3. The van der Waals surface area contributed by atoms with Crippen molar-refractivity contribution in [2.75, 3.05) is 12.4 Å². The van der Waals surface area contributed by atoms with Gasteiger partial charge in [0, 0.05) is 5.69 Å². The second-order valence-corrected chi connectivity index (χ2v) is 5.43. The Morgan fingerprint density at radius 2 is 1.78 bits per heavy atom. The summed E-state index contributed by atoms with van der Waals surface area (Å²) in [7, 11) is 1.60. The van der Waals surface area contributed by atoms with E-state index in [1.54, 1.807) is 7.11 Å². The zero-order valence-corrected chi connectivity index (χ0v) is 12.9. The van der Waals surface area contributed by atoms with Gasteiger partial charge in [-0.25, -0.2) is 0 Å². The van der Waals surface area contributed by atoms with Gasteiger partial charge in [0.25, 0.3) is 5.91 Å². The molecule has 118 valence electrons. The van der Waals surface area contributed by atoms with E-state index in [0.717, 1.165) is 17.0 Å². The number of imide groups is 1. The molecule has 0 spiro atoms. The zero-order chi connectivity index (χ0) is 16.2. The van der Waals surface area contributed by atoms with Gasteiger partial charge in [0.1, 0.15) is 11.8 Å². The smallest absolute Gasteiger partial charge is 0.252 e. The van der Waals surface area contributed by atoms with Gasteiger partial charge in [-0.3, -0.25) is 14.5 Å². The van der Waals surface area contributed by atoms with Gasteiger partial charge in [-0.1, -0.05) is 30.3 Å². The van der Waals surface area contributed by atoms with Crippen LogP contribution < -0.4 is 10.1 Å². The molecule has 23 heavy (non-hydrogen) atoms. The van der Waals surface area contributed by atoms with Crippen LogP contribution in [0.25, 0.3) is 0 Å². The summed E-state index contributed by atoms with van der Waals surface area (Å²) in [5.41, 5.74) is 1.73. The first kappa shape index (κ1) is 15.1. The van der Waals surface area contributed by atoms with Crippen molar-refractivity contribution in [2.24, 2.45) is 0 Å². The van der Waals surface area contributed by atoms with Crippen LogP contribution in [0.15, 0.2) is 54.6 Å². The van der Waals surface area contributed by atoms with Crippen LogP contribution in [0.4, 0.5) is 5.69 Å². The highest BCUT2D eigenvalue weighted by Crippen LogP contribution is 2.22. The highest BCUT2D eigenvalue weighted by molar-refractivity contribution is 6.06. The van der Waals surface area contributed by atoms with Gasteiger partial charge in [-0.15, -0.1) is 0 Å². The molecular weight excluding hydrogens is 292 g/mol. The first-order chi connectivity index (χ1) is 11.2. The third-order valence-electron chi connectivity index (χ3n) is 3.86. The molecule has 2 aromatic carbocycles. The molecule has 0 aliphatic carbocycles. The maximum absolute atomic E-state index is 12.5. The number of amides is 2. The lowest BCUT2D eigenvalue weighted by molar-refractivity contribution is -0.139. The van der Waals surface area contributed by atoms with Crippen molar-refractivity contribution < 1.29 is 14.3 Å². The van der Waals surface area contributed by atoms with Crippen LogP contribution in [0.2, 0.25) is 0 Å². The second-order valence-electron chi connectivity index (χ2n) is 5.43. The van der Waals surface area contributed by atoms with Crippen molar-refractivity contribution in [2.45, 2.75) is 19.0 Å². The van der Waals surface area contributed by atoms with Crippen LogP contribution in [-0.2, 0) is 16.1 Å². The van der Waals surface area contributed by atoms with E-state index in [4.69, 9.17) is 4.74 Å². The lowest BCUT2D eigenvalue weighted by Gasteiger charge is -2.16. The predicted octanol–water partition coefficient (Wildman–Crippen LogP) is 2.43. The van der Waals surface area contributed by atoms with E-state index >= 15 is 0 Å². The van der Waals surface area contributed by atoms with E-state index in [0.29, 0.717) is 6.54 Å². The quantitative estimate of drug-likeness (QED) is 0.862. The summed E-state index contributed by atoms with van der Waals surface area (Å²) >= 11 is 0. The number of nitrogens with zero attached hydrogens (tertiary/aromatic N) is 1. The monoisotopic (exact) mass is 310 g/mol. The van der Waals surface area contributed by atoms with Crippen LogP contribution in [-0.4, -0.2) is 29.9 Å². The Morgan fingerprint density at radius 3 is 2.43 bits per heavy atom. The summed E-state index contributed by atoms with van der Waals surface area (Å²) in [6.45, 7) is 0.319. The molecule has 1 N–H and O–H groups in total. The Kier molecular flexibility index (Phi) is 4.28. The van der Waals surface area contributed by atoms with E-state index in [1.165, 1.54) is 4.90 Å². The minimum atomic E-state index is -0.514. The molecule has 5 nitrogen and oxygen atoms in total. The first-order valence-electron chi connectivity index (χ1n) is 7.46.